The summed E-state index contributed by atoms with van der Waals surface area (Å²) >= 11 is 1.63. The van der Waals surface area contributed by atoms with Crippen molar-refractivity contribution in [3.05, 3.63) is 29.5 Å². The lowest BCUT2D eigenvalue weighted by Gasteiger charge is -2.26. The van der Waals surface area contributed by atoms with E-state index in [9.17, 15) is 5.11 Å². The van der Waals surface area contributed by atoms with E-state index in [0.717, 1.165) is 17.1 Å². The van der Waals surface area contributed by atoms with Crippen LogP contribution in [0.4, 0.5) is 0 Å². The van der Waals surface area contributed by atoms with Gasteiger partial charge in [-0.25, -0.2) is 4.98 Å². The normalized spacial score (nSPS) is 16.3. The average Bonchev–Trinajstić information content (AvgIpc) is 3.20. The number of oxazole rings is 1. The van der Waals surface area contributed by atoms with Gasteiger partial charge in [-0.1, -0.05) is 18.9 Å². The van der Waals surface area contributed by atoms with Gasteiger partial charge in [-0.2, -0.15) is 0 Å². The van der Waals surface area contributed by atoms with Crippen LogP contribution in [0.15, 0.2) is 28.2 Å². The molecule has 0 bridgehead atoms. The number of aliphatic hydroxyl groups excluding tert-OH is 1. The predicted molar refractivity (Wildman–Crippen MR) is 79.6 cm³/mol. The standard InChI is InChI=1S/C15H20N2O2S/c18-8-7-17(13-4-1-2-5-13)10-12-11-19-15(16-12)14-6-3-9-20-14/h3,6,9,11,13,18H,1-2,4-5,7-8,10H2. The Kier molecular flexibility index (Phi) is 4.50. The van der Waals surface area contributed by atoms with E-state index in [1.54, 1.807) is 17.6 Å². The Bertz CT molecular complexity index is 518. The van der Waals surface area contributed by atoms with Gasteiger partial charge in [0, 0.05) is 19.1 Å². The van der Waals surface area contributed by atoms with Crippen LogP contribution in [0.1, 0.15) is 31.4 Å². The second kappa shape index (κ2) is 6.52. The van der Waals surface area contributed by atoms with E-state index in [2.05, 4.69) is 9.88 Å². The van der Waals surface area contributed by atoms with Crippen LogP contribution in [0.25, 0.3) is 10.8 Å². The smallest absolute Gasteiger partial charge is 0.236 e. The van der Waals surface area contributed by atoms with Crippen molar-refractivity contribution < 1.29 is 9.52 Å². The lowest BCUT2D eigenvalue weighted by molar-refractivity contribution is 0.143. The predicted octanol–water partition coefficient (Wildman–Crippen LogP) is 3.14. The molecule has 2 heterocycles. The fourth-order valence-corrected chi connectivity index (χ4v) is 3.55. The minimum Gasteiger partial charge on any atom is -0.444 e. The first-order chi connectivity index (χ1) is 9.86. The third-order valence-electron chi connectivity index (χ3n) is 3.88. The van der Waals surface area contributed by atoms with Gasteiger partial charge in [0.2, 0.25) is 5.89 Å². The van der Waals surface area contributed by atoms with Crippen LogP contribution >= 0.6 is 11.3 Å². The van der Waals surface area contributed by atoms with Crippen molar-refractivity contribution in [2.45, 2.75) is 38.3 Å². The largest absolute Gasteiger partial charge is 0.444 e. The van der Waals surface area contributed by atoms with Crippen molar-refractivity contribution in [2.75, 3.05) is 13.2 Å². The van der Waals surface area contributed by atoms with Crippen molar-refractivity contribution in [1.29, 1.82) is 0 Å². The van der Waals surface area contributed by atoms with E-state index in [1.165, 1.54) is 25.7 Å². The first-order valence-electron chi connectivity index (χ1n) is 7.20. The number of nitrogens with zero attached hydrogens (tertiary/aromatic N) is 2. The van der Waals surface area contributed by atoms with E-state index in [1.807, 2.05) is 17.5 Å². The van der Waals surface area contributed by atoms with Gasteiger partial charge >= 0.3 is 0 Å². The molecular formula is C15H20N2O2S. The zero-order valence-corrected chi connectivity index (χ0v) is 12.3. The van der Waals surface area contributed by atoms with Crippen LogP contribution in [-0.2, 0) is 6.54 Å². The van der Waals surface area contributed by atoms with Gasteiger partial charge in [0.05, 0.1) is 17.2 Å². The van der Waals surface area contributed by atoms with Crippen LogP contribution in [0, 0.1) is 0 Å². The molecule has 0 aliphatic heterocycles. The van der Waals surface area contributed by atoms with E-state index in [0.29, 0.717) is 18.5 Å². The highest BCUT2D eigenvalue weighted by Crippen LogP contribution is 2.27. The lowest BCUT2D eigenvalue weighted by Crippen LogP contribution is -2.35. The fourth-order valence-electron chi connectivity index (χ4n) is 2.89. The summed E-state index contributed by atoms with van der Waals surface area (Å²) in [7, 11) is 0. The molecule has 0 radical (unpaired) electrons. The number of thiophene rings is 1. The Labute approximate surface area is 123 Å². The molecule has 108 valence electrons. The molecule has 1 saturated carbocycles. The molecule has 1 N–H and O–H groups in total. The summed E-state index contributed by atoms with van der Waals surface area (Å²) in [5.74, 6) is 0.699. The van der Waals surface area contributed by atoms with Crippen molar-refractivity contribution >= 4 is 11.3 Å². The first-order valence-corrected chi connectivity index (χ1v) is 8.08. The van der Waals surface area contributed by atoms with Crippen LogP contribution < -0.4 is 0 Å². The Morgan fingerprint density at radius 2 is 2.25 bits per heavy atom. The molecule has 5 heteroatoms. The fraction of sp³-hybridized carbons (Fsp3) is 0.533. The van der Waals surface area contributed by atoms with Crippen LogP contribution in [0.2, 0.25) is 0 Å². The summed E-state index contributed by atoms with van der Waals surface area (Å²) in [5.41, 5.74) is 0.953. The maximum absolute atomic E-state index is 9.25. The first kappa shape index (κ1) is 13.8. The van der Waals surface area contributed by atoms with Crippen LogP contribution in [-0.4, -0.2) is 34.2 Å². The number of hydrogen-bond acceptors (Lipinski definition) is 5. The van der Waals surface area contributed by atoms with Crippen LogP contribution in [0.5, 0.6) is 0 Å². The molecule has 0 amide bonds. The molecule has 2 aromatic rings. The summed E-state index contributed by atoms with van der Waals surface area (Å²) in [4.78, 5) is 7.96. The van der Waals surface area contributed by atoms with E-state index < -0.39 is 0 Å². The summed E-state index contributed by atoms with van der Waals surface area (Å²) < 4.78 is 5.56. The van der Waals surface area contributed by atoms with Gasteiger partial charge in [-0.15, -0.1) is 11.3 Å². The monoisotopic (exact) mass is 292 g/mol. The molecule has 0 unspecified atom stereocenters. The van der Waals surface area contributed by atoms with Gasteiger partial charge in [-0.05, 0) is 24.3 Å². The number of rotatable bonds is 6. The summed E-state index contributed by atoms with van der Waals surface area (Å²) in [6.45, 7) is 1.68. The molecule has 1 aliphatic carbocycles. The van der Waals surface area contributed by atoms with Crippen molar-refractivity contribution in [1.82, 2.24) is 9.88 Å². The van der Waals surface area contributed by atoms with Gasteiger partial charge in [-0.3, -0.25) is 4.90 Å². The van der Waals surface area contributed by atoms with E-state index in [-0.39, 0.29) is 6.61 Å². The molecule has 0 aromatic carbocycles. The second-order valence-corrected chi connectivity index (χ2v) is 6.20. The minimum atomic E-state index is 0.201. The minimum absolute atomic E-state index is 0.201. The second-order valence-electron chi connectivity index (χ2n) is 5.25. The number of aliphatic hydroxyl groups is 1. The molecule has 0 spiro atoms. The zero-order valence-electron chi connectivity index (χ0n) is 11.5. The van der Waals surface area contributed by atoms with Gasteiger partial charge < -0.3 is 9.52 Å². The average molecular weight is 292 g/mol. The lowest BCUT2D eigenvalue weighted by atomic mass is 10.2. The molecule has 0 atom stereocenters. The Hall–Kier alpha value is -1.17. The topological polar surface area (TPSA) is 49.5 Å². The maximum Gasteiger partial charge on any atom is 0.236 e. The molecule has 20 heavy (non-hydrogen) atoms. The molecule has 0 saturated heterocycles. The third-order valence-corrected chi connectivity index (χ3v) is 4.73. The number of hydrogen-bond donors (Lipinski definition) is 1. The summed E-state index contributed by atoms with van der Waals surface area (Å²) in [6.07, 6.45) is 6.80. The van der Waals surface area contributed by atoms with Crippen molar-refractivity contribution in [2.24, 2.45) is 0 Å². The van der Waals surface area contributed by atoms with E-state index in [4.69, 9.17) is 4.42 Å². The maximum atomic E-state index is 9.25. The summed E-state index contributed by atoms with van der Waals surface area (Å²) in [5, 5.41) is 11.3. The van der Waals surface area contributed by atoms with Crippen LogP contribution in [0.3, 0.4) is 0 Å². The van der Waals surface area contributed by atoms with Crippen molar-refractivity contribution in [3.63, 3.8) is 0 Å². The quantitative estimate of drug-likeness (QED) is 0.888. The molecule has 3 rings (SSSR count). The molecule has 4 nitrogen and oxygen atoms in total. The molecular weight excluding hydrogens is 272 g/mol. The Morgan fingerprint density at radius 1 is 1.40 bits per heavy atom. The zero-order chi connectivity index (χ0) is 13.8. The highest BCUT2D eigenvalue weighted by Gasteiger charge is 2.23. The number of aromatic nitrogens is 1. The Balaban J connectivity index is 1.68. The van der Waals surface area contributed by atoms with Crippen molar-refractivity contribution in [3.8, 4) is 10.8 Å². The SMILES string of the molecule is OCCN(Cc1coc(-c2cccs2)n1)C1CCCC1. The summed E-state index contributed by atoms with van der Waals surface area (Å²) in [6, 6.07) is 4.60. The third kappa shape index (κ3) is 3.11. The molecule has 2 aromatic heterocycles. The molecule has 1 fully saturated rings. The highest BCUT2D eigenvalue weighted by molar-refractivity contribution is 7.13. The molecule has 1 aliphatic rings. The van der Waals surface area contributed by atoms with Gasteiger partial charge in [0.25, 0.3) is 0 Å². The van der Waals surface area contributed by atoms with Gasteiger partial charge in [0.15, 0.2) is 0 Å². The van der Waals surface area contributed by atoms with Gasteiger partial charge in [0.1, 0.15) is 6.26 Å². The van der Waals surface area contributed by atoms with E-state index >= 15 is 0 Å². The highest BCUT2D eigenvalue weighted by atomic mass is 32.1. The Morgan fingerprint density at radius 3 is 2.95 bits per heavy atom.